The molecule has 1 heterocycles. The van der Waals surface area contributed by atoms with Crippen LogP contribution in [-0.2, 0) is 11.2 Å². The van der Waals surface area contributed by atoms with E-state index in [1.54, 1.807) is 0 Å². The minimum atomic E-state index is -0.191. The third-order valence-corrected chi connectivity index (χ3v) is 4.27. The monoisotopic (exact) mass is 362 g/mol. The van der Waals surface area contributed by atoms with Gasteiger partial charge in [-0.3, -0.25) is 15.6 Å². The molecule has 5 N–H and O–H groups in total. The van der Waals surface area contributed by atoms with Crippen molar-refractivity contribution < 1.29 is 4.79 Å². The molecule has 0 unspecified atom stereocenters. The number of nitrogen functional groups attached to an aromatic ring is 1. The summed E-state index contributed by atoms with van der Waals surface area (Å²) in [7, 11) is 0. The molecule has 0 atom stereocenters. The van der Waals surface area contributed by atoms with Crippen molar-refractivity contribution in [2.24, 2.45) is 0 Å². The first-order valence-corrected chi connectivity index (χ1v) is 8.57. The topological polar surface area (TPSA) is 105 Å². The third kappa shape index (κ3) is 4.52. The molecule has 3 aromatic rings. The molecule has 0 aliphatic carbocycles. The van der Waals surface area contributed by atoms with Gasteiger partial charge in [-0.05, 0) is 36.6 Å². The molecule has 138 valence electrons. The molecule has 0 bridgehead atoms. The summed E-state index contributed by atoms with van der Waals surface area (Å²) in [6.07, 6.45) is 1.64. The molecular weight excluding hydrogens is 340 g/mol. The van der Waals surface area contributed by atoms with Crippen molar-refractivity contribution >= 4 is 28.9 Å². The lowest BCUT2D eigenvalue weighted by atomic mass is 10.1. The Morgan fingerprint density at radius 1 is 1.00 bits per heavy atom. The van der Waals surface area contributed by atoms with Crippen molar-refractivity contribution in [3.8, 4) is 0 Å². The molecule has 1 amide bonds. The molecule has 0 fully saturated rings. The number of nitrogens with two attached hydrogens (primary N) is 1. The van der Waals surface area contributed by atoms with Gasteiger partial charge < -0.3 is 11.1 Å². The summed E-state index contributed by atoms with van der Waals surface area (Å²) in [5, 5.41) is 3.22. The van der Waals surface area contributed by atoms with Gasteiger partial charge in [0.1, 0.15) is 12.0 Å². The van der Waals surface area contributed by atoms with Crippen molar-refractivity contribution in [2.75, 3.05) is 16.5 Å². The zero-order chi connectivity index (χ0) is 19.2. The van der Waals surface area contributed by atoms with Crippen LogP contribution in [0.4, 0.5) is 23.0 Å². The number of amides is 1. The van der Waals surface area contributed by atoms with Gasteiger partial charge in [0, 0.05) is 5.69 Å². The minimum absolute atomic E-state index is 0.191. The van der Waals surface area contributed by atoms with Crippen LogP contribution in [0.3, 0.4) is 0 Å². The maximum Gasteiger partial charge on any atom is 0.242 e. The number of nitrogens with zero attached hydrogens (tertiary/aromatic N) is 2. The van der Waals surface area contributed by atoms with Gasteiger partial charge in [-0.15, -0.1) is 0 Å². The van der Waals surface area contributed by atoms with E-state index in [2.05, 4.69) is 26.1 Å². The van der Waals surface area contributed by atoms with Crippen molar-refractivity contribution in [3.05, 3.63) is 71.5 Å². The van der Waals surface area contributed by atoms with Gasteiger partial charge in [-0.25, -0.2) is 9.97 Å². The van der Waals surface area contributed by atoms with Crippen molar-refractivity contribution in [3.63, 3.8) is 0 Å². The Kier molecular flexibility index (Phi) is 5.51. The normalized spacial score (nSPS) is 10.3. The minimum Gasteiger partial charge on any atom is -0.393 e. The van der Waals surface area contributed by atoms with E-state index in [9.17, 15) is 4.79 Å². The van der Waals surface area contributed by atoms with Gasteiger partial charge in [0.2, 0.25) is 5.91 Å². The highest BCUT2D eigenvalue weighted by atomic mass is 16.2. The number of anilines is 4. The summed E-state index contributed by atoms with van der Waals surface area (Å²) in [5.74, 6) is 0.612. The van der Waals surface area contributed by atoms with Crippen LogP contribution in [0.15, 0.2) is 54.9 Å². The van der Waals surface area contributed by atoms with Gasteiger partial charge in [0.15, 0.2) is 11.6 Å². The summed E-state index contributed by atoms with van der Waals surface area (Å²) in [4.78, 5) is 20.4. The van der Waals surface area contributed by atoms with Gasteiger partial charge in [-0.2, -0.15) is 0 Å². The van der Waals surface area contributed by atoms with E-state index in [4.69, 9.17) is 5.73 Å². The van der Waals surface area contributed by atoms with Crippen LogP contribution in [-0.4, -0.2) is 15.9 Å². The van der Waals surface area contributed by atoms with Crippen molar-refractivity contribution in [2.45, 2.75) is 20.3 Å². The van der Waals surface area contributed by atoms with Crippen LogP contribution in [0.5, 0.6) is 0 Å². The van der Waals surface area contributed by atoms with Gasteiger partial charge >= 0.3 is 0 Å². The molecule has 0 saturated carbocycles. The Bertz CT molecular complexity index is 942. The number of nitrogens with one attached hydrogen (secondary N) is 3. The highest BCUT2D eigenvalue weighted by Crippen LogP contribution is 2.27. The number of carbonyl (C=O) groups is 1. The number of benzene rings is 2. The lowest BCUT2D eigenvalue weighted by Crippen LogP contribution is -2.31. The maximum absolute atomic E-state index is 12.1. The largest absolute Gasteiger partial charge is 0.393 e. The van der Waals surface area contributed by atoms with E-state index in [1.165, 1.54) is 11.9 Å². The molecule has 0 saturated heterocycles. The number of hydrazine groups is 1. The van der Waals surface area contributed by atoms with Crippen LogP contribution in [0.2, 0.25) is 0 Å². The van der Waals surface area contributed by atoms with Crippen LogP contribution in [0, 0.1) is 13.8 Å². The Morgan fingerprint density at radius 2 is 1.74 bits per heavy atom. The van der Waals surface area contributed by atoms with Gasteiger partial charge in [0.05, 0.1) is 6.42 Å². The number of rotatable bonds is 6. The number of aryl methyl sites for hydroxylation is 1. The lowest BCUT2D eigenvalue weighted by molar-refractivity contribution is -0.119. The Labute approximate surface area is 158 Å². The molecule has 1 aromatic heterocycles. The number of aromatic nitrogens is 2. The zero-order valence-corrected chi connectivity index (χ0v) is 15.3. The Morgan fingerprint density at radius 3 is 2.52 bits per heavy atom. The highest BCUT2D eigenvalue weighted by molar-refractivity contribution is 5.82. The van der Waals surface area contributed by atoms with E-state index >= 15 is 0 Å². The quantitative estimate of drug-likeness (QED) is 0.502. The van der Waals surface area contributed by atoms with E-state index < -0.39 is 0 Å². The second kappa shape index (κ2) is 8.18. The predicted octanol–water partition coefficient (Wildman–Crippen LogP) is 3.11. The Balaban J connectivity index is 1.68. The zero-order valence-electron chi connectivity index (χ0n) is 15.3. The fourth-order valence-corrected chi connectivity index (χ4v) is 2.56. The second-order valence-electron chi connectivity index (χ2n) is 6.19. The number of hydrogen-bond acceptors (Lipinski definition) is 6. The fourth-order valence-electron chi connectivity index (χ4n) is 2.56. The second-order valence-corrected chi connectivity index (χ2v) is 6.19. The first-order valence-electron chi connectivity index (χ1n) is 8.57. The Hall–Kier alpha value is -3.61. The summed E-state index contributed by atoms with van der Waals surface area (Å²) >= 11 is 0. The molecule has 0 spiro atoms. The molecule has 0 radical (unpaired) electrons. The van der Waals surface area contributed by atoms with Crippen LogP contribution < -0.4 is 21.9 Å². The molecule has 7 nitrogen and oxygen atoms in total. The summed E-state index contributed by atoms with van der Waals surface area (Å²) < 4.78 is 0. The molecular formula is C20H22N6O. The average molecular weight is 362 g/mol. The number of hydrogen-bond donors (Lipinski definition) is 4. The highest BCUT2D eigenvalue weighted by Gasteiger charge is 2.11. The van der Waals surface area contributed by atoms with Crippen molar-refractivity contribution in [1.29, 1.82) is 0 Å². The summed E-state index contributed by atoms with van der Waals surface area (Å²) in [6, 6.07) is 15.4. The fraction of sp³-hybridized carbons (Fsp3) is 0.150. The van der Waals surface area contributed by atoms with E-state index in [0.717, 1.165) is 16.8 Å². The van der Waals surface area contributed by atoms with E-state index in [0.29, 0.717) is 17.3 Å². The molecule has 2 aromatic carbocycles. The summed E-state index contributed by atoms with van der Waals surface area (Å²) in [6.45, 7) is 4.07. The molecule has 3 rings (SSSR count). The predicted molar refractivity (Wildman–Crippen MR) is 108 cm³/mol. The molecule has 27 heavy (non-hydrogen) atoms. The lowest BCUT2D eigenvalue weighted by Gasteiger charge is -2.15. The van der Waals surface area contributed by atoms with Crippen LogP contribution >= 0.6 is 0 Å². The first kappa shape index (κ1) is 18.2. The van der Waals surface area contributed by atoms with Crippen molar-refractivity contribution in [1.82, 2.24) is 15.4 Å². The molecule has 0 aliphatic heterocycles. The summed E-state index contributed by atoms with van der Waals surface area (Å²) in [5.41, 5.74) is 16.0. The van der Waals surface area contributed by atoms with Gasteiger partial charge in [-0.1, -0.05) is 42.5 Å². The third-order valence-electron chi connectivity index (χ3n) is 4.27. The molecule has 0 aliphatic rings. The van der Waals surface area contributed by atoms with E-state index in [-0.39, 0.29) is 12.3 Å². The van der Waals surface area contributed by atoms with E-state index in [1.807, 2.05) is 62.4 Å². The molecule has 7 heteroatoms. The number of carbonyl (C=O) groups excluding carboxylic acids is 1. The van der Waals surface area contributed by atoms with Gasteiger partial charge in [0.25, 0.3) is 0 Å². The standard InChI is InChI=1S/C20H22N6O/c1-13-7-6-10-16(14(13)2)24-19-18(21)20(23-12-22-19)26-25-17(27)11-15-8-4-3-5-9-15/h3-10,12H,11,21H2,1-2H3,(H,25,27)(H2,22,23,24,26). The first-order chi connectivity index (χ1) is 13.0. The van der Waals surface area contributed by atoms with Crippen LogP contribution in [0.25, 0.3) is 0 Å². The average Bonchev–Trinajstić information content (AvgIpc) is 2.67. The van der Waals surface area contributed by atoms with Crippen LogP contribution in [0.1, 0.15) is 16.7 Å². The maximum atomic E-state index is 12.1. The smallest absolute Gasteiger partial charge is 0.242 e. The SMILES string of the molecule is Cc1cccc(Nc2ncnc(NNC(=O)Cc3ccccc3)c2N)c1C.